The molecular formula is C20H22FN3O4. The van der Waals surface area contributed by atoms with Crippen molar-refractivity contribution in [1.82, 2.24) is 10.4 Å². The van der Waals surface area contributed by atoms with Crippen molar-refractivity contribution in [1.29, 1.82) is 0 Å². The average Bonchev–Trinajstić information content (AvgIpc) is 3.01. The van der Waals surface area contributed by atoms with Crippen LogP contribution in [0.1, 0.15) is 22.3 Å². The molecule has 0 aliphatic carbocycles. The Balaban J connectivity index is 1.85. The number of anilines is 1. The van der Waals surface area contributed by atoms with E-state index in [1.807, 2.05) is 0 Å². The van der Waals surface area contributed by atoms with Crippen LogP contribution >= 0.6 is 0 Å². The van der Waals surface area contributed by atoms with Gasteiger partial charge in [0, 0.05) is 30.9 Å². The molecule has 2 aromatic carbocycles. The SMILES string of the molecule is O=C(NO)c1ccc(CN(C(=O)N2CCCOCC2)c2cccc(F)c2)cc1. The second-order valence-corrected chi connectivity index (χ2v) is 6.44. The van der Waals surface area contributed by atoms with E-state index in [-0.39, 0.29) is 12.6 Å². The van der Waals surface area contributed by atoms with Gasteiger partial charge >= 0.3 is 6.03 Å². The van der Waals surface area contributed by atoms with E-state index in [2.05, 4.69) is 0 Å². The van der Waals surface area contributed by atoms with Crippen LogP contribution in [0.5, 0.6) is 0 Å². The number of rotatable bonds is 4. The molecular weight excluding hydrogens is 365 g/mol. The molecule has 1 fully saturated rings. The number of nitrogens with one attached hydrogen (secondary N) is 1. The van der Waals surface area contributed by atoms with Gasteiger partial charge < -0.3 is 9.64 Å². The van der Waals surface area contributed by atoms with Gasteiger partial charge in [-0.3, -0.25) is 14.9 Å². The molecule has 0 radical (unpaired) electrons. The van der Waals surface area contributed by atoms with Gasteiger partial charge in [-0.15, -0.1) is 0 Å². The molecule has 0 unspecified atom stereocenters. The van der Waals surface area contributed by atoms with Crippen molar-refractivity contribution in [3.8, 4) is 0 Å². The van der Waals surface area contributed by atoms with Gasteiger partial charge in [0.05, 0.1) is 13.2 Å². The van der Waals surface area contributed by atoms with Crippen LogP contribution in [0.25, 0.3) is 0 Å². The van der Waals surface area contributed by atoms with Crippen LogP contribution in [0.2, 0.25) is 0 Å². The van der Waals surface area contributed by atoms with E-state index in [4.69, 9.17) is 9.94 Å². The summed E-state index contributed by atoms with van der Waals surface area (Å²) < 4.78 is 19.2. The highest BCUT2D eigenvalue weighted by Crippen LogP contribution is 2.21. The van der Waals surface area contributed by atoms with Gasteiger partial charge in [0.25, 0.3) is 5.91 Å². The fourth-order valence-electron chi connectivity index (χ4n) is 3.03. The van der Waals surface area contributed by atoms with Crippen LogP contribution in [-0.2, 0) is 11.3 Å². The second kappa shape index (κ2) is 9.29. The number of halogens is 1. The molecule has 1 aliphatic heterocycles. The number of ether oxygens (including phenoxy) is 1. The predicted octanol–water partition coefficient (Wildman–Crippen LogP) is 2.79. The van der Waals surface area contributed by atoms with Gasteiger partial charge in [-0.05, 0) is 42.3 Å². The topological polar surface area (TPSA) is 82.1 Å². The van der Waals surface area contributed by atoms with Crippen LogP contribution in [-0.4, -0.2) is 48.3 Å². The predicted molar refractivity (Wildman–Crippen MR) is 101 cm³/mol. The molecule has 8 heteroatoms. The third kappa shape index (κ3) is 4.85. The molecule has 0 spiro atoms. The molecule has 148 valence electrons. The van der Waals surface area contributed by atoms with E-state index >= 15 is 0 Å². The largest absolute Gasteiger partial charge is 0.380 e. The quantitative estimate of drug-likeness (QED) is 0.624. The number of hydrogen-bond acceptors (Lipinski definition) is 4. The Kier molecular flexibility index (Phi) is 6.57. The number of hydrogen-bond donors (Lipinski definition) is 2. The number of hydroxylamine groups is 1. The van der Waals surface area contributed by atoms with Crippen LogP contribution in [0.15, 0.2) is 48.5 Å². The Morgan fingerprint density at radius 3 is 2.64 bits per heavy atom. The van der Waals surface area contributed by atoms with Gasteiger partial charge in [0.15, 0.2) is 0 Å². The van der Waals surface area contributed by atoms with E-state index in [0.29, 0.717) is 37.6 Å². The molecule has 2 N–H and O–H groups in total. The molecule has 0 aromatic heterocycles. The van der Waals surface area contributed by atoms with Crippen molar-refractivity contribution in [3.05, 3.63) is 65.5 Å². The lowest BCUT2D eigenvalue weighted by Crippen LogP contribution is -2.44. The van der Waals surface area contributed by atoms with Gasteiger partial charge in [-0.25, -0.2) is 14.7 Å². The zero-order chi connectivity index (χ0) is 19.9. The van der Waals surface area contributed by atoms with E-state index in [1.165, 1.54) is 17.0 Å². The van der Waals surface area contributed by atoms with Crippen molar-refractivity contribution < 1.29 is 23.9 Å². The minimum atomic E-state index is -0.617. The Bertz CT molecular complexity index is 820. The maximum atomic E-state index is 13.8. The lowest BCUT2D eigenvalue weighted by Gasteiger charge is -2.30. The number of carbonyl (C=O) groups is 2. The highest BCUT2D eigenvalue weighted by molar-refractivity contribution is 5.93. The minimum absolute atomic E-state index is 0.209. The molecule has 7 nitrogen and oxygen atoms in total. The van der Waals surface area contributed by atoms with Crippen LogP contribution in [0.4, 0.5) is 14.9 Å². The Labute approximate surface area is 162 Å². The summed E-state index contributed by atoms with van der Waals surface area (Å²) in [6, 6.07) is 12.1. The van der Waals surface area contributed by atoms with Crippen molar-refractivity contribution in [2.24, 2.45) is 0 Å². The second-order valence-electron chi connectivity index (χ2n) is 6.44. The van der Waals surface area contributed by atoms with Gasteiger partial charge in [0.1, 0.15) is 5.82 Å². The highest BCUT2D eigenvalue weighted by Gasteiger charge is 2.24. The first-order valence-electron chi connectivity index (χ1n) is 9.01. The normalized spacial score (nSPS) is 14.3. The number of amides is 3. The molecule has 3 amide bonds. The Morgan fingerprint density at radius 1 is 1.14 bits per heavy atom. The third-order valence-electron chi connectivity index (χ3n) is 4.50. The zero-order valence-corrected chi connectivity index (χ0v) is 15.3. The lowest BCUT2D eigenvalue weighted by molar-refractivity contribution is 0.0706. The van der Waals surface area contributed by atoms with Crippen molar-refractivity contribution in [2.75, 3.05) is 31.2 Å². The van der Waals surface area contributed by atoms with Crippen molar-refractivity contribution in [3.63, 3.8) is 0 Å². The first kappa shape index (κ1) is 19.8. The Morgan fingerprint density at radius 2 is 1.93 bits per heavy atom. The molecule has 28 heavy (non-hydrogen) atoms. The molecule has 1 saturated heterocycles. The van der Waals surface area contributed by atoms with E-state index < -0.39 is 11.7 Å². The third-order valence-corrected chi connectivity index (χ3v) is 4.50. The maximum Gasteiger partial charge on any atom is 0.324 e. The standard InChI is InChI=1S/C20H22FN3O4/c21-17-3-1-4-18(13-17)24(20(26)23-9-2-11-28-12-10-23)14-15-5-7-16(8-6-15)19(25)22-27/h1,3-8,13,27H,2,9-12,14H2,(H,22,25). The van der Waals surface area contributed by atoms with Crippen molar-refractivity contribution >= 4 is 17.6 Å². The van der Waals surface area contributed by atoms with E-state index in [0.717, 1.165) is 12.0 Å². The van der Waals surface area contributed by atoms with Gasteiger partial charge in [0.2, 0.25) is 0 Å². The summed E-state index contributed by atoms with van der Waals surface area (Å²) in [6.07, 6.45) is 0.744. The summed E-state index contributed by atoms with van der Waals surface area (Å²) >= 11 is 0. The fraction of sp³-hybridized carbons (Fsp3) is 0.300. The van der Waals surface area contributed by atoms with E-state index in [9.17, 15) is 14.0 Å². The average molecular weight is 387 g/mol. The summed E-state index contributed by atoms with van der Waals surface area (Å²) in [5.41, 5.74) is 3.08. The van der Waals surface area contributed by atoms with Gasteiger partial charge in [-0.1, -0.05) is 18.2 Å². The van der Waals surface area contributed by atoms with Crippen LogP contribution in [0, 0.1) is 5.82 Å². The molecule has 0 atom stereocenters. The zero-order valence-electron chi connectivity index (χ0n) is 15.3. The molecule has 0 bridgehead atoms. The number of carbonyl (C=O) groups excluding carboxylic acids is 2. The van der Waals surface area contributed by atoms with Crippen molar-refractivity contribution in [2.45, 2.75) is 13.0 Å². The Hall–Kier alpha value is -2.97. The first-order chi connectivity index (χ1) is 13.6. The maximum absolute atomic E-state index is 13.8. The smallest absolute Gasteiger partial charge is 0.324 e. The summed E-state index contributed by atoms with van der Waals surface area (Å²) in [4.78, 5) is 27.8. The molecule has 1 heterocycles. The van der Waals surface area contributed by atoms with Crippen LogP contribution < -0.4 is 10.4 Å². The molecule has 0 saturated carbocycles. The van der Waals surface area contributed by atoms with Crippen LogP contribution in [0.3, 0.4) is 0 Å². The van der Waals surface area contributed by atoms with E-state index in [1.54, 1.807) is 46.8 Å². The molecule has 3 rings (SSSR count). The fourth-order valence-corrected chi connectivity index (χ4v) is 3.03. The number of nitrogens with zero attached hydrogens (tertiary/aromatic N) is 2. The summed E-state index contributed by atoms with van der Waals surface area (Å²) in [7, 11) is 0. The summed E-state index contributed by atoms with van der Waals surface area (Å²) in [6.45, 7) is 2.33. The minimum Gasteiger partial charge on any atom is -0.380 e. The monoisotopic (exact) mass is 387 g/mol. The summed E-state index contributed by atoms with van der Waals surface area (Å²) in [5, 5.41) is 8.71. The lowest BCUT2D eigenvalue weighted by atomic mass is 10.1. The number of urea groups is 1. The molecule has 2 aromatic rings. The number of benzene rings is 2. The highest BCUT2D eigenvalue weighted by atomic mass is 19.1. The summed E-state index contributed by atoms with van der Waals surface area (Å²) in [5.74, 6) is -1.04. The van der Waals surface area contributed by atoms with Gasteiger partial charge in [-0.2, -0.15) is 0 Å². The first-order valence-corrected chi connectivity index (χ1v) is 9.01. The molecule has 1 aliphatic rings.